The van der Waals surface area contributed by atoms with Crippen molar-refractivity contribution in [2.75, 3.05) is 11.4 Å². The van der Waals surface area contributed by atoms with Crippen LogP contribution in [0.4, 0.5) is 10.1 Å². The van der Waals surface area contributed by atoms with Gasteiger partial charge in [0.2, 0.25) is 5.91 Å². The Morgan fingerprint density at radius 3 is 2.76 bits per heavy atom. The molecule has 1 amide bonds. The predicted molar refractivity (Wildman–Crippen MR) is 62.2 cm³/mol. The number of halogens is 2. The third kappa shape index (κ3) is 2.31. The summed E-state index contributed by atoms with van der Waals surface area (Å²) in [5.74, 6) is -2.36. The monoisotopic (exact) mass is 301 g/mol. The number of benzene rings is 1. The molecule has 1 N–H and O–H groups in total. The van der Waals surface area contributed by atoms with Gasteiger partial charge < -0.3 is 10.0 Å². The molecule has 1 aliphatic rings. The summed E-state index contributed by atoms with van der Waals surface area (Å²) >= 11 is 3.16. The maximum Gasteiger partial charge on any atom is 0.308 e. The highest BCUT2D eigenvalue weighted by molar-refractivity contribution is 9.10. The number of aliphatic carboxylic acids is 1. The Kier molecular flexibility index (Phi) is 3.15. The van der Waals surface area contributed by atoms with Gasteiger partial charge in [0.1, 0.15) is 5.82 Å². The normalized spacial score (nSPS) is 19.8. The number of carbonyl (C=O) groups is 2. The lowest BCUT2D eigenvalue weighted by Crippen LogP contribution is -2.26. The highest BCUT2D eigenvalue weighted by Crippen LogP contribution is 2.31. The molecular weight excluding hydrogens is 293 g/mol. The van der Waals surface area contributed by atoms with Crippen LogP contribution in [0.5, 0.6) is 0 Å². The lowest BCUT2D eigenvalue weighted by atomic mass is 10.1. The van der Waals surface area contributed by atoms with Crippen molar-refractivity contribution in [2.24, 2.45) is 5.92 Å². The van der Waals surface area contributed by atoms with Crippen molar-refractivity contribution in [1.82, 2.24) is 0 Å². The van der Waals surface area contributed by atoms with Gasteiger partial charge in [-0.2, -0.15) is 0 Å². The van der Waals surface area contributed by atoms with Crippen LogP contribution in [0, 0.1) is 11.7 Å². The Balaban J connectivity index is 2.29. The van der Waals surface area contributed by atoms with Gasteiger partial charge in [0, 0.05) is 17.4 Å². The second-order valence-electron chi connectivity index (χ2n) is 3.84. The summed E-state index contributed by atoms with van der Waals surface area (Å²) in [6.07, 6.45) is -0.0147. The molecule has 4 nitrogen and oxygen atoms in total. The van der Waals surface area contributed by atoms with Crippen LogP contribution in [0.2, 0.25) is 0 Å². The Morgan fingerprint density at radius 2 is 2.24 bits per heavy atom. The van der Waals surface area contributed by atoms with E-state index in [0.717, 1.165) is 0 Å². The Morgan fingerprint density at radius 1 is 1.53 bits per heavy atom. The molecule has 1 fully saturated rings. The second-order valence-corrected chi connectivity index (χ2v) is 4.69. The number of carbonyl (C=O) groups excluding carboxylic acids is 1. The molecule has 90 valence electrons. The van der Waals surface area contributed by atoms with Crippen LogP contribution in [-0.4, -0.2) is 23.5 Å². The van der Waals surface area contributed by atoms with E-state index in [9.17, 15) is 14.0 Å². The maximum atomic E-state index is 12.9. The second kappa shape index (κ2) is 4.44. The summed E-state index contributed by atoms with van der Waals surface area (Å²) in [7, 11) is 0. The van der Waals surface area contributed by atoms with Crippen LogP contribution >= 0.6 is 15.9 Å². The van der Waals surface area contributed by atoms with E-state index in [4.69, 9.17) is 5.11 Å². The highest BCUT2D eigenvalue weighted by Gasteiger charge is 2.35. The molecule has 1 heterocycles. The van der Waals surface area contributed by atoms with Crippen molar-refractivity contribution in [3.63, 3.8) is 0 Å². The zero-order chi connectivity index (χ0) is 12.6. The summed E-state index contributed by atoms with van der Waals surface area (Å²) in [6, 6.07) is 3.94. The molecule has 0 bridgehead atoms. The Labute approximate surface area is 105 Å². The number of nitrogens with zero attached hydrogens (tertiary/aromatic N) is 1. The number of carboxylic acid groups (broad SMARTS) is 1. The molecular formula is C11H9BrFNO3. The molecule has 1 aromatic carbocycles. The van der Waals surface area contributed by atoms with E-state index in [1.807, 2.05) is 0 Å². The first-order valence-electron chi connectivity index (χ1n) is 4.97. The quantitative estimate of drug-likeness (QED) is 0.909. The van der Waals surface area contributed by atoms with E-state index in [-0.39, 0.29) is 18.9 Å². The summed E-state index contributed by atoms with van der Waals surface area (Å²) in [6.45, 7) is 0.123. The number of hydrogen-bond acceptors (Lipinski definition) is 2. The lowest BCUT2D eigenvalue weighted by molar-refractivity contribution is -0.141. The SMILES string of the molecule is O=C(O)[C@@H]1CC(=O)N(c2ccc(F)cc2Br)C1. The van der Waals surface area contributed by atoms with Gasteiger partial charge in [-0.05, 0) is 34.1 Å². The summed E-state index contributed by atoms with van der Waals surface area (Å²) in [5.41, 5.74) is 0.500. The van der Waals surface area contributed by atoms with Gasteiger partial charge in [-0.1, -0.05) is 0 Å². The van der Waals surface area contributed by atoms with Crippen LogP contribution in [-0.2, 0) is 9.59 Å². The Bertz CT molecular complexity index is 492. The van der Waals surface area contributed by atoms with E-state index in [2.05, 4.69) is 15.9 Å². The first-order chi connectivity index (χ1) is 7.99. The zero-order valence-electron chi connectivity index (χ0n) is 8.69. The minimum Gasteiger partial charge on any atom is -0.481 e. The third-order valence-electron chi connectivity index (χ3n) is 2.67. The maximum absolute atomic E-state index is 12.9. The van der Waals surface area contributed by atoms with E-state index >= 15 is 0 Å². The summed E-state index contributed by atoms with van der Waals surface area (Å²) in [5, 5.41) is 8.86. The summed E-state index contributed by atoms with van der Waals surface area (Å²) in [4.78, 5) is 23.9. The zero-order valence-corrected chi connectivity index (χ0v) is 10.3. The van der Waals surface area contributed by atoms with Crippen molar-refractivity contribution < 1.29 is 19.1 Å². The van der Waals surface area contributed by atoms with Crippen molar-refractivity contribution in [1.29, 1.82) is 0 Å². The van der Waals surface area contributed by atoms with E-state index in [1.165, 1.54) is 23.1 Å². The number of rotatable bonds is 2. The van der Waals surface area contributed by atoms with E-state index in [1.54, 1.807) is 0 Å². The van der Waals surface area contributed by atoms with Crippen LogP contribution in [0.15, 0.2) is 22.7 Å². The van der Waals surface area contributed by atoms with Gasteiger partial charge in [0.15, 0.2) is 0 Å². The number of amides is 1. The van der Waals surface area contributed by atoms with Crippen LogP contribution in [0.25, 0.3) is 0 Å². The fourth-order valence-corrected chi connectivity index (χ4v) is 2.37. The largest absolute Gasteiger partial charge is 0.481 e. The molecule has 6 heteroatoms. The molecule has 0 radical (unpaired) electrons. The number of carboxylic acids is 1. The third-order valence-corrected chi connectivity index (χ3v) is 3.31. The van der Waals surface area contributed by atoms with Gasteiger partial charge in [-0.3, -0.25) is 9.59 Å². The average Bonchev–Trinajstić information content (AvgIpc) is 2.61. The minimum absolute atomic E-state index is 0.0147. The molecule has 0 aromatic heterocycles. The number of anilines is 1. The standard InChI is InChI=1S/C11H9BrFNO3/c12-8-4-7(13)1-2-9(8)14-5-6(11(16)17)3-10(14)15/h1-2,4,6H,3,5H2,(H,16,17)/t6-/m1/s1. The van der Waals surface area contributed by atoms with E-state index < -0.39 is 17.7 Å². The first kappa shape index (κ1) is 12.0. The average molecular weight is 302 g/mol. The predicted octanol–water partition coefficient (Wildman–Crippen LogP) is 2.03. The topological polar surface area (TPSA) is 57.6 Å². The fourth-order valence-electron chi connectivity index (χ4n) is 1.81. The molecule has 1 aromatic rings. The molecule has 0 spiro atoms. The van der Waals surface area contributed by atoms with Crippen LogP contribution in [0.3, 0.4) is 0 Å². The van der Waals surface area contributed by atoms with Crippen LogP contribution < -0.4 is 4.90 Å². The molecule has 0 aliphatic carbocycles. The molecule has 0 unspecified atom stereocenters. The fraction of sp³-hybridized carbons (Fsp3) is 0.273. The molecule has 17 heavy (non-hydrogen) atoms. The molecule has 1 aliphatic heterocycles. The minimum atomic E-state index is -0.987. The smallest absolute Gasteiger partial charge is 0.308 e. The van der Waals surface area contributed by atoms with Crippen molar-refractivity contribution in [2.45, 2.75) is 6.42 Å². The van der Waals surface area contributed by atoms with E-state index in [0.29, 0.717) is 10.2 Å². The summed E-state index contributed by atoms with van der Waals surface area (Å²) < 4.78 is 13.4. The molecule has 1 atom stereocenters. The van der Waals surface area contributed by atoms with Crippen LogP contribution in [0.1, 0.15) is 6.42 Å². The molecule has 0 saturated carbocycles. The highest BCUT2D eigenvalue weighted by atomic mass is 79.9. The Hall–Kier alpha value is -1.43. The van der Waals surface area contributed by atoms with Gasteiger partial charge in [0.05, 0.1) is 11.6 Å². The lowest BCUT2D eigenvalue weighted by Gasteiger charge is -2.17. The first-order valence-corrected chi connectivity index (χ1v) is 5.76. The van der Waals surface area contributed by atoms with Crippen molar-refractivity contribution in [3.8, 4) is 0 Å². The van der Waals surface area contributed by atoms with Crippen molar-refractivity contribution in [3.05, 3.63) is 28.5 Å². The van der Waals surface area contributed by atoms with Gasteiger partial charge in [-0.25, -0.2) is 4.39 Å². The molecule has 2 rings (SSSR count). The van der Waals surface area contributed by atoms with Gasteiger partial charge >= 0.3 is 5.97 Å². The van der Waals surface area contributed by atoms with Gasteiger partial charge in [-0.15, -0.1) is 0 Å². The molecule has 1 saturated heterocycles. The number of hydrogen-bond donors (Lipinski definition) is 1. The van der Waals surface area contributed by atoms with Gasteiger partial charge in [0.25, 0.3) is 0 Å². The van der Waals surface area contributed by atoms with Crippen molar-refractivity contribution >= 4 is 33.5 Å².